The number of hydrogen-bond acceptors (Lipinski definition) is 4. The third-order valence-electron chi connectivity index (χ3n) is 4.64. The molecule has 1 aliphatic rings. The minimum atomic E-state index is -0.190. The van der Waals surface area contributed by atoms with Gasteiger partial charge in [0.05, 0.1) is 0 Å². The van der Waals surface area contributed by atoms with Gasteiger partial charge in [0, 0.05) is 22.7 Å². The molecule has 1 aliphatic heterocycles. The van der Waals surface area contributed by atoms with Gasteiger partial charge in [0.1, 0.15) is 6.04 Å². The summed E-state index contributed by atoms with van der Waals surface area (Å²) in [6, 6.07) is 14.7. The van der Waals surface area contributed by atoms with Gasteiger partial charge in [-0.25, -0.2) is 0 Å². The van der Waals surface area contributed by atoms with Gasteiger partial charge in [0.15, 0.2) is 0 Å². The Balaban J connectivity index is 1.58. The highest BCUT2D eigenvalue weighted by molar-refractivity contribution is 6.30. The number of carbonyl (C=O) groups excluding carboxylic acids is 1. The standard InChI is InChI=1S/C20H18ClN3O2/c1-13-4-6-14(7-5-13)18-22-19(26-23-18)17-3-2-12-24(17)20(25)15-8-10-16(21)11-9-15/h4-11,17H,2-3,12H2,1H3/t17-/m0/s1. The summed E-state index contributed by atoms with van der Waals surface area (Å²) in [5.74, 6) is 0.991. The Labute approximate surface area is 156 Å². The average Bonchev–Trinajstić information content (AvgIpc) is 3.31. The summed E-state index contributed by atoms with van der Waals surface area (Å²) >= 11 is 5.91. The molecule has 132 valence electrons. The van der Waals surface area contributed by atoms with Crippen molar-refractivity contribution >= 4 is 17.5 Å². The second-order valence-electron chi connectivity index (χ2n) is 6.49. The third kappa shape index (κ3) is 3.22. The number of hydrogen-bond donors (Lipinski definition) is 0. The van der Waals surface area contributed by atoms with Crippen LogP contribution in [-0.4, -0.2) is 27.5 Å². The monoisotopic (exact) mass is 367 g/mol. The van der Waals surface area contributed by atoms with Gasteiger partial charge in [-0.1, -0.05) is 46.6 Å². The summed E-state index contributed by atoms with van der Waals surface area (Å²) < 4.78 is 5.49. The molecule has 1 amide bonds. The van der Waals surface area contributed by atoms with Gasteiger partial charge in [-0.15, -0.1) is 0 Å². The highest BCUT2D eigenvalue weighted by Crippen LogP contribution is 2.33. The molecule has 0 radical (unpaired) electrons. The third-order valence-corrected chi connectivity index (χ3v) is 4.89. The van der Waals surface area contributed by atoms with Crippen LogP contribution in [0.5, 0.6) is 0 Å². The number of rotatable bonds is 3. The first kappa shape index (κ1) is 16.8. The quantitative estimate of drug-likeness (QED) is 0.674. The van der Waals surface area contributed by atoms with Crippen LogP contribution in [0.25, 0.3) is 11.4 Å². The first-order valence-electron chi connectivity index (χ1n) is 8.59. The second kappa shape index (κ2) is 6.92. The van der Waals surface area contributed by atoms with Crippen molar-refractivity contribution in [3.05, 3.63) is 70.6 Å². The predicted molar refractivity (Wildman–Crippen MR) is 98.9 cm³/mol. The van der Waals surface area contributed by atoms with Crippen LogP contribution in [0.15, 0.2) is 53.1 Å². The summed E-state index contributed by atoms with van der Waals surface area (Å²) in [4.78, 5) is 19.2. The van der Waals surface area contributed by atoms with E-state index in [2.05, 4.69) is 10.1 Å². The molecule has 0 N–H and O–H groups in total. The maximum absolute atomic E-state index is 12.8. The molecule has 0 aliphatic carbocycles. The molecule has 4 rings (SSSR count). The summed E-state index contributed by atoms with van der Waals surface area (Å²) in [6.07, 6.45) is 1.72. The first-order valence-corrected chi connectivity index (χ1v) is 8.97. The molecule has 5 nitrogen and oxygen atoms in total. The molecule has 6 heteroatoms. The van der Waals surface area contributed by atoms with E-state index >= 15 is 0 Å². The molecular weight excluding hydrogens is 350 g/mol. The van der Waals surface area contributed by atoms with Crippen LogP contribution < -0.4 is 0 Å². The Bertz CT molecular complexity index is 919. The van der Waals surface area contributed by atoms with E-state index in [1.165, 1.54) is 5.56 Å². The number of nitrogens with zero attached hydrogens (tertiary/aromatic N) is 3. The Kier molecular flexibility index (Phi) is 4.47. The number of halogens is 1. The molecule has 2 aromatic carbocycles. The minimum absolute atomic E-state index is 0.0424. The summed E-state index contributed by atoms with van der Waals surface area (Å²) in [5, 5.41) is 4.71. The fourth-order valence-electron chi connectivity index (χ4n) is 3.22. The maximum atomic E-state index is 12.8. The molecule has 0 bridgehead atoms. The Morgan fingerprint density at radius 1 is 1.15 bits per heavy atom. The van der Waals surface area contributed by atoms with Crippen LogP contribution in [0.4, 0.5) is 0 Å². The van der Waals surface area contributed by atoms with Crippen molar-refractivity contribution in [3.8, 4) is 11.4 Å². The van der Waals surface area contributed by atoms with E-state index in [1.54, 1.807) is 29.2 Å². The van der Waals surface area contributed by atoms with Crippen molar-refractivity contribution in [3.63, 3.8) is 0 Å². The fourth-order valence-corrected chi connectivity index (χ4v) is 3.34. The van der Waals surface area contributed by atoms with Gasteiger partial charge < -0.3 is 9.42 Å². The second-order valence-corrected chi connectivity index (χ2v) is 6.92. The van der Waals surface area contributed by atoms with Crippen LogP contribution in [0.2, 0.25) is 5.02 Å². The van der Waals surface area contributed by atoms with Crippen LogP contribution in [-0.2, 0) is 0 Å². The first-order chi connectivity index (χ1) is 12.6. The van der Waals surface area contributed by atoms with Gasteiger partial charge in [0.25, 0.3) is 5.91 Å². The zero-order chi connectivity index (χ0) is 18.1. The van der Waals surface area contributed by atoms with Gasteiger partial charge in [-0.2, -0.15) is 4.98 Å². The number of likely N-dealkylation sites (tertiary alicyclic amines) is 1. The van der Waals surface area contributed by atoms with Crippen molar-refractivity contribution in [1.82, 2.24) is 15.0 Å². The molecule has 1 atom stereocenters. The summed E-state index contributed by atoms with van der Waals surface area (Å²) in [6.45, 7) is 2.71. The average molecular weight is 368 g/mol. The lowest BCUT2D eigenvalue weighted by atomic mass is 10.1. The van der Waals surface area contributed by atoms with E-state index in [0.29, 0.717) is 28.8 Å². The minimum Gasteiger partial charge on any atom is -0.337 e. The number of benzene rings is 2. The van der Waals surface area contributed by atoms with E-state index in [-0.39, 0.29) is 11.9 Å². The number of aryl methyl sites for hydroxylation is 1. The fraction of sp³-hybridized carbons (Fsp3) is 0.250. The molecule has 0 spiro atoms. The predicted octanol–water partition coefficient (Wildman–Crippen LogP) is 4.68. The van der Waals surface area contributed by atoms with Gasteiger partial charge in [-0.05, 0) is 44.0 Å². The van der Waals surface area contributed by atoms with E-state index in [4.69, 9.17) is 16.1 Å². The highest BCUT2D eigenvalue weighted by atomic mass is 35.5. The van der Waals surface area contributed by atoms with E-state index in [1.807, 2.05) is 31.2 Å². The number of amides is 1. The zero-order valence-electron chi connectivity index (χ0n) is 14.4. The molecule has 1 fully saturated rings. The van der Waals surface area contributed by atoms with Gasteiger partial charge in [0.2, 0.25) is 11.7 Å². The molecule has 0 saturated carbocycles. The zero-order valence-corrected chi connectivity index (χ0v) is 15.1. The molecular formula is C20H18ClN3O2. The lowest BCUT2D eigenvalue weighted by Gasteiger charge is -2.21. The van der Waals surface area contributed by atoms with Crippen molar-refractivity contribution in [2.24, 2.45) is 0 Å². The van der Waals surface area contributed by atoms with Crippen molar-refractivity contribution < 1.29 is 9.32 Å². The van der Waals surface area contributed by atoms with E-state index in [9.17, 15) is 4.79 Å². The van der Waals surface area contributed by atoms with Gasteiger partial charge in [-0.3, -0.25) is 4.79 Å². The maximum Gasteiger partial charge on any atom is 0.254 e. The summed E-state index contributed by atoms with van der Waals surface area (Å²) in [7, 11) is 0. The SMILES string of the molecule is Cc1ccc(-c2noc([C@@H]3CCCN3C(=O)c3ccc(Cl)cc3)n2)cc1. The van der Waals surface area contributed by atoms with Crippen LogP contribution in [0.3, 0.4) is 0 Å². The largest absolute Gasteiger partial charge is 0.337 e. The van der Waals surface area contributed by atoms with Crippen LogP contribution in [0, 0.1) is 6.92 Å². The lowest BCUT2D eigenvalue weighted by molar-refractivity contribution is 0.0710. The molecule has 1 aromatic heterocycles. The molecule has 26 heavy (non-hydrogen) atoms. The van der Waals surface area contributed by atoms with Gasteiger partial charge >= 0.3 is 0 Å². The smallest absolute Gasteiger partial charge is 0.254 e. The Morgan fingerprint density at radius 2 is 1.88 bits per heavy atom. The number of aromatic nitrogens is 2. The molecule has 2 heterocycles. The molecule has 1 saturated heterocycles. The molecule has 0 unspecified atom stereocenters. The summed E-state index contributed by atoms with van der Waals surface area (Å²) in [5.41, 5.74) is 2.69. The normalized spacial score (nSPS) is 16.8. The Hall–Kier alpha value is -2.66. The Morgan fingerprint density at radius 3 is 2.62 bits per heavy atom. The van der Waals surface area contributed by atoms with Crippen molar-refractivity contribution in [1.29, 1.82) is 0 Å². The van der Waals surface area contributed by atoms with Crippen molar-refractivity contribution in [2.45, 2.75) is 25.8 Å². The molecule has 3 aromatic rings. The van der Waals surface area contributed by atoms with E-state index < -0.39 is 0 Å². The van der Waals surface area contributed by atoms with E-state index in [0.717, 1.165) is 18.4 Å². The van der Waals surface area contributed by atoms with Crippen molar-refractivity contribution in [2.75, 3.05) is 6.54 Å². The lowest BCUT2D eigenvalue weighted by Crippen LogP contribution is -2.30. The topological polar surface area (TPSA) is 59.2 Å². The van der Waals surface area contributed by atoms with Crippen LogP contribution in [0.1, 0.15) is 40.7 Å². The highest BCUT2D eigenvalue weighted by Gasteiger charge is 2.34. The van der Waals surface area contributed by atoms with Crippen LogP contribution >= 0.6 is 11.6 Å². The number of carbonyl (C=O) groups is 1.